The van der Waals surface area contributed by atoms with E-state index in [0.717, 1.165) is 17.6 Å². The first-order chi connectivity index (χ1) is 8.19. The Morgan fingerprint density at radius 2 is 2.24 bits per heavy atom. The third-order valence-electron chi connectivity index (χ3n) is 3.66. The summed E-state index contributed by atoms with van der Waals surface area (Å²) in [5.41, 5.74) is 1.27. The maximum absolute atomic E-state index is 4.14. The van der Waals surface area contributed by atoms with Crippen LogP contribution < -0.4 is 5.32 Å². The van der Waals surface area contributed by atoms with Gasteiger partial charge in [0.15, 0.2) is 4.60 Å². The molecule has 0 aliphatic carbocycles. The largest absolute Gasteiger partial charge is 0.306 e. The minimum absolute atomic E-state index is 0.0579. The van der Waals surface area contributed by atoms with Crippen LogP contribution in [0.5, 0.6) is 0 Å². The van der Waals surface area contributed by atoms with Gasteiger partial charge in [-0.15, -0.1) is 5.10 Å². The minimum atomic E-state index is 0.0579. The molecule has 1 aliphatic heterocycles. The number of aryl methyl sites for hydroxylation is 1. The highest BCUT2D eigenvalue weighted by Crippen LogP contribution is 2.36. The summed E-state index contributed by atoms with van der Waals surface area (Å²) in [4.78, 5) is 0. The number of halogens is 1. The molecule has 0 amide bonds. The van der Waals surface area contributed by atoms with Crippen molar-refractivity contribution < 1.29 is 0 Å². The maximum atomic E-state index is 4.14. The van der Waals surface area contributed by atoms with Gasteiger partial charge in [0, 0.05) is 7.05 Å². The van der Waals surface area contributed by atoms with Crippen LogP contribution in [-0.4, -0.2) is 21.5 Å². The summed E-state index contributed by atoms with van der Waals surface area (Å²) in [7, 11) is 1.98. The van der Waals surface area contributed by atoms with Gasteiger partial charge in [0.25, 0.3) is 0 Å². The first-order valence-electron chi connectivity index (χ1n) is 6.50. The van der Waals surface area contributed by atoms with Crippen molar-refractivity contribution in [2.24, 2.45) is 7.05 Å². The Morgan fingerprint density at radius 3 is 2.88 bits per heavy atom. The highest BCUT2D eigenvalue weighted by molar-refractivity contribution is 9.10. The third kappa shape index (κ3) is 2.55. The van der Waals surface area contributed by atoms with E-state index in [2.05, 4.69) is 38.5 Å². The molecule has 0 radical (unpaired) electrons. The predicted molar refractivity (Wildman–Crippen MR) is 71.8 cm³/mol. The highest BCUT2D eigenvalue weighted by Gasteiger charge is 2.36. The van der Waals surface area contributed by atoms with Crippen molar-refractivity contribution in [2.45, 2.75) is 51.0 Å². The lowest BCUT2D eigenvalue weighted by Gasteiger charge is -2.33. The van der Waals surface area contributed by atoms with Crippen molar-refractivity contribution in [3.8, 4) is 0 Å². The normalized spacial score (nSPS) is 25.8. The lowest BCUT2D eigenvalue weighted by Crippen LogP contribution is -2.43. The van der Waals surface area contributed by atoms with E-state index in [1.165, 1.54) is 37.8 Å². The molecule has 0 spiro atoms. The Hall–Kier alpha value is -0.420. The molecule has 1 fully saturated rings. The van der Waals surface area contributed by atoms with E-state index in [4.69, 9.17) is 0 Å². The molecule has 0 bridgehead atoms. The molecular weight excluding hydrogens is 280 g/mol. The Labute approximate surface area is 111 Å². The first kappa shape index (κ1) is 13.0. The van der Waals surface area contributed by atoms with Crippen LogP contribution in [-0.2, 0) is 12.6 Å². The minimum Gasteiger partial charge on any atom is -0.306 e. The van der Waals surface area contributed by atoms with Gasteiger partial charge in [-0.3, -0.25) is 0 Å². The zero-order chi connectivity index (χ0) is 12.3. The first-order valence-corrected chi connectivity index (χ1v) is 7.29. The number of nitrogens with zero attached hydrogens (tertiary/aromatic N) is 3. The van der Waals surface area contributed by atoms with Gasteiger partial charge < -0.3 is 5.32 Å². The summed E-state index contributed by atoms with van der Waals surface area (Å²) in [5.74, 6) is 0. The summed E-state index contributed by atoms with van der Waals surface area (Å²) < 4.78 is 2.81. The Bertz CT molecular complexity index is 347. The fourth-order valence-electron chi connectivity index (χ4n) is 2.94. The average Bonchev–Trinajstić information content (AvgIpc) is 2.53. The van der Waals surface area contributed by atoms with Gasteiger partial charge in [-0.05, 0) is 41.7 Å². The van der Waals surface area contributed by atoms with Gasteiger partial charge in [-0.2, -0.15) is 0 Å². The summed E-state index contributed by atoms with van der Waals surface area (Å²) in [6, 6.07) is 0. The Balaban J connectivity index is 2.38. The van der Waals surface area contributed by atoms with Crippen molar-refractivity contribution in [1.82, 2.24) is 20.3 Å². The van der Waals surface area contributed by atoms with Crippen LogP contribution in [0.15, 0.2) is 4.60 Å². The van der Waals surface area contributed by atoms with Crippen LogP contribution >= 0.6 is 15.9 Å². The fourth-order valence-corrected chi connectivity index (χ4v) is 3.65. The Morgan fingerprint density at radius 1 is 1.41 bits per heavy atom. The molecule has 0 saturated carbocycles. The molecule has 1 saturated heterocycles. The van der Waals surface area contributed by atoms with Crippen molar-refractivity contribution in [3.05, 3.63) is 10.3 Å². The summed E-state index contributed by atoms with van der Waals surface area (Å²) >= 11 is 3.55. The van der Waals surface area contributed by atoms with E-state index in [-0.39, 0.29) is 5.54 Å². The topological polar surface area (TPSA) is 42.7 Å². The zero-order valence-corrected chi connectivity index (χ0v) is 12.3. The summed E-state index contributed by atoms with van der Waals surface area (Å²) in [6.07, 6.45) is 7.37. The molecule has 1 atom stereocenters. The van der Waals surface area contributed by atoms with E-state index in [0.29, 0.717) is 0 Å². The number of rotatable bonds is 3. The second kappa shape index (κ2) is 5.48. The molecule has 1 unspecified atom stereocenters. The van der Waals surface area contributed by atoms with E-state index in [9.17, 15) is 0 Å². The van der Waals surface area contributed by atoms with E-state index >= 15 is 0 Å². The molecule has 17 heavy (non-hydrogen) atoms. The number of aromatic nitrogens is 3. The molecule has 96 valence electrons. The van der Waals surface area contributed by atoms with E-state index < -0.39 is 0 Å². The lowest BCUT2D eigenvalue weighted by molar-refractivity contribution is 0.277. The quantitative estimate of drug-likeness (QED) is 0.933. The molecule has 0 aromatic carbocycles. The van der Waals surface area contributed by atoms with Crippen LogP contribution in [0.1, 0.15) is 51.1 Å². The second-order valence-electron chi connectivity index (χ2n) is 4.92. The van der Waals surface area contributed by atoms with Gasteiger partial charge in [0.05, 0.1) is 11.2 Å². The SMILES string of the molecule is CCCC1(c2c(Br)nnn2C)CCCCCN1. The maximum Gasteiger partial charge on any atom is 0.153 e. The van der Waals surface area contributed by atoms with E-state index in [1.807, 2.05) is 11.7 Å². The summed E-state index contributed by atoms with van der Waals surface area (Å²) in [6.45, 7) is 3.34. The van der Waals surface area contributed by atoms with E-state index in [1.54, 1.807) is 0 Å². The molecule has 1 aromatic heterocycles. The number of nitrogens with one attached hydrogen (secondary N) is 1. The molecule has 1 aromatic rings. The van der Waals surface area contributed by atoms with Crippen LogP contribution in [0.3, 0.4) is 0 Å². The van der Waals surface area contributed by atoms with Crippen molar-refractivity contribution in [1.29, 1.82) is 0 Å². The van der Waals surface area contributed by atoms with Gasteiger partial charge in [0.1, 0.15) is 0 Å². The molecule has 2 heterocycles. The molecule has 4 nitrogen and oxygen atoms in total. The van der Waals surface area contributed by atoms with Gasteiger partial charge in [-0.25, -0.2) is 4.68 Å². The summed E-state index contributed by atoms with van der Waals surface area (Å²) in [5, 5.41) is 12.0. The van der Waals surface area contributed by atoms with Gasteiger partial charge in [0.2, 0.25) is 0 Å². The van der Waals surface area contributed by atoms with Crippen LogP contribution in [0, 0.1) is 0 Å². The molecule has 1 aliphatic rings. The van der Waals surface area contributed by atoms with Crippen molar-refractivity contribution in [2.75, 3.05) is 6.54 Å². The smallest absolute Gasteiger partial charge is 0.153 e. The highest BCUT2D eigenvalue weighted by atomic mass is 79.9. The lowest BCUT2D eigenvalue weighted by atomic mass is 9.85. The standard InChI is InChI=1S/C12H21BrN4/c1-3-7-12(8-5-4-6-9-14-12)10-11(13)15-16-17(10)2/h14H,3-9H2,1-2H3. The van der Waals surface area contributed by atoms with Crippen LogP contribution in [0.25, 0.3) is 0 Å². The molecular formula is C12H21BrN4. The zero-order valence-electron chi connectivity index (χ0n) is 10.7. The van der Waals surface area contributed by atoms with Gasteiger partial charge in [-0.1, -0.05) is 31.4 Å². The van der Waals surface area contributed by atoms with Gasteiger partial charge >= 0.3 is 0 Å². The van der Waals surface area contributed by atoms with Crippen molar-refractivity contribution in [3.63, 3.8) is 0 Å². The molecule has 2 rings (SSSR count). The Kier molecular flexibility index (Phi) is 4.20. The second-order valence-corrected chi connectivity index (χ2v) is 5.67. The third-order valence-corrected chi connectivity index (χ3v) is 4.19. The fraction of sp³-hybridized carbons (Fsp3) is 0.833. The predicted octanol–water partition coefficient (Wildman–Crippen LogP) is 2.74. The number of hydrogen-bond donors (Lipinski definition) is 1. The number of hydrogen-bond acceptors (Lipinski definition) is 3. The van der Waals surface area contributed by atoms with Crippen LogP contribution in [0.2, 0.25) is 0 Å². The van der Waals surface area contributed by atoms with Crippen LogP contribution in [0.4, 0.5) is 0 Å². The average molecular weight is 301 g/mol. The molecule has 1 N–H and O–H groups in total. The monoisotopic (exact) mass is 300 g/mol. The van der Waals surface area contributed by atoms with Crippen molar-refractivity contribution >= 4 is 15.9 Å². The molecule has 5 heteroatoms.